The van der Waals surface area contributed by atoms with Crippen LogP contribution in [0.15, 0.2) is 12.3 Å². The first-order valence-corrected chi connectivity index (χ1v) is 4.61. The van der Waals surface area contributed by atoms with Crippen molar-refractivity contribution >= 4 is 28.4 Å². The van der Waals surface area contributed by atoms with Gasteiger partial charge in [0.05, 0.1) is 5.56 Å². The molecule has 0 amide bonds. The SMILES string of the molecule is CN(N)c1cc(I)c(C(F)(F)F)cn1. The molecule has 0 saturated carbocycles. The van der Waals surface area contributed by atoms with Crippen LogP contribution in [0.2, 0.25) is 0 Å². The Morgan fingerprint density at radius 3 is 2.43 bits per heavy atom. The Balaban J connectivity index is 3.15. The number of nitrogens with zero attached hydrogens (tertiary/aromatic N) is 2. The summed E-state index contributed by atoms with van der Waals surface area (Å²) in [6.45, 7) is 0. The van der Waals surface area contributed by atoms with Crippen LogP contribution in [0, 0.1) is 3.57 Å². The van der Waals surface area contributed by atoms with Crippen LogP contribution >= 0.6 is 22.6 Å². The van der Waals surface area contributed by atoms with Crippen LogP contribution in [0.1, 0.15) is 5.56 Å². The number of alkyl halides is 3. The van der Waals surface area contributed by atoms with Gasteiger partial charge in [0, 0.05) is 16.8 Å². The maximum absolute atomic E-state index is 12.3. The molecule has 1 aromatic rings. The van der Waals surface area contributed by atoms with Crippen molar-refractivity contribution in [2.24, 2.45) is 5.84 Å². The Morgan fingerprint density at radius 2 is 2.07 bits per heavy atom. The minimum atomic E-state index is -4.37. The molecule has 0 aliphatic heterocycles. The van der Waals surface area contributed by atoms with Crippen molar-refractivity contribution in [1.29, 1.82) is 0 Å². The zero-order valence-electron chi connectivity index (χ0n) is 7.14. The zero-order chi connectivity index (χ0) is 10.9. The molecule has 14 heavy (non-hydrogen) atoms. The van der Waals surface area contributed by atoms with Gasteiger partial charge in [-0.1, -0.05) is 0 Å². The molecule has 1 rings (SSSR count). The molecular weight excluding hydrogens is 310 g/mol. The third-order valence-corrected chi connectivity index (χ3v) is 2.40. The number of aromatic nitrogens is 1. The highest BCUT2D eigenvalue weighted by molar-refractivity contribution is 14.1. The fourth-order valence-electron chi connectivity index (χ4n) is 0.822. The quantitative estimate of drug-likeness (QED) is 0.489. The molecule has 3 nitrogen and oxygen atoms in total. The average molecular weight is 317 g/mol. The molecule has 0 aromatic carbocycles. The van der Waals surface area contributed by atoms with Gasteiger partial charge in [0.15, 0.2) is 0 Å². The Morgan fingerprint density at radius 1 is 1.50 bits per heavy atom. The average Bonchev–Trinajstić information content (AvgIpc) is 2.01. The Hall–Kier alpha value is -0.570. The Kier molecular flexibility index (Phi) is 3.20. The minimum absolute atomic E-state index is 0.0809. The van der Waals surface area contributed by atoms with E-state index >= 15 is 0 Å². The number of pyridine rings is 1. The summed E-state index contributed by atoms with van der Waals surface area (Å²) in [6.07, 6.45) is -3.59. The summed E-state index contributed by atoms with van der Waals surface area (Å²) < 4.78 is 37.0. The molecule has 0 atom stereocenters. The van der Waals surface area contributed by atoms with Crippen LogP contribution in [0.4, 0.5) is 19.0 Å². The molecule has 0 aliphatic carbocycles. The second-order valence-electron chi connectivity index (χ2n) is 2.63. The van der Waals surface area contributed by atoms with E-state index in [1.165, 1.54) is 13.1 Å². The number of hydrogen-bond acceptors (Lipinski definition) is 3. The summed E-state index contributed by atoms with van der Waals surface area (Å²) in [6, 6.07) is 1.28. The van der Waals surface area contributed by atoms with Crippen molar-refractivity contribution in [2.45, 2.75) is 6.18 Å². The van der Waals surface area contributed by atoms with Crippen molar-refractivity contribution < 1.29 is 13.2 Å². The van der Waals surface area contributed by atoms with Crippen LogP contribution in [0.3, 0.4) is 0 Å². The highest BCUT2D eigenvalue weighted by atomic mass is 127. The fraction of sp³-hybridized carbons (Fsp3) is 0.286. The Bertz CT molecular complexity index is 337. The van der Waals surface area contributed by atoms with Crippen LogP contribution in [-0.2, 0) is 6.18 Å². The number of hydrogen-bond donors (Lipinski definition) is 1. The van der Waals surface area contributed by atoms with Crippen LogP contribution in [0.5, 0.6) is 0 Å². The predicted molar refractivity (Wildman–Crippen MR) is 54.5 cm³/mol. The molecular formula is C7H7F3IN3. The van der Waals surface area contributed by atoms with E-state index in [2.05, 4.69) is 4.98 Å². The molecule has 1 heterocycles. The number of rotatable bonds is 1. The number of halogens is 4. The number of hydrazine groups is 1. The van der Waals surface area contributed by atoms with E-state index in [1.54, 1.807) is 22.6 Å². The first-order valence-electron chi connectivity index (χ1n) is 3.53. The largest absolute Gasteiger partial charge is 0.418 e. The predicted octanol–water partition coefficient (Wildman–Crippen LogP) is 2.01. The lowest BCUT2D eigenvalue weighted by Crippen LogP contribution is -2.26. The molecule has 78 valence electrons. The van der Waals surface area contributed by atoms with Gasteiger partial charge in [-0.05, 0) is 28.7 Å². The molecule has 7 heteroatoms. The van der Waals surface area contributed by atoms with E-state index in [0.717, 1.165) is 11.2 Å². The fourth-order valence-corrected chi connectivity index (χ4v) is 1.55. The highest BCUT2D eigenvalue weighted by Crippen LogP contribution is 2.33. The monoisotopic (exact) mass is 317 g/mol. The normalized spacial score (nSPS) is 11.6. The number of anilines is 1. The van der Waals surface area contributed by atoms with Crippen molar-refractivity contribution in [3.63, 3.8) is 0 Å². The summed E-state index contributed by atoms with van der Waals surface area (Å²) in [5.74, 6) is 5.62. The van der Waals surface area contributed by atoms with Gasteiger partial charge in [0.1, 0.15) is 5.82 Å². The first-order chi connectivity index (χ1) is 6.32. The van der Waals surface area contributed by atoms with Crippen LogP contribution < -0.4 is 10.9 Å². The van der Waals surface area contributed by atoms with E-state index in [9.17, 15) is 13.2 Å². The second-order valence-corrected chi connectivity index (χ2v) is 3.79. The molecule has 0 unspecified atom stereocenters. The zero-order valence-corrected chi connectivity index (χ0v) is 9.30. The number of nitrogens with two attached hydrogens (primary N) is 1. The molecule has 1 aromatic heterocycles. The van der Waals surface area contributed by atoms with Crippen molar-refractivity contribution in [2.75, 3.05) is 12.1 Å². The van der Waals surface area contributed by atoms with Gasteiger partial charge < -0.3 is 0 Å². The summed E-state index contributed by atoms with van der Waals surface area (Å²) in [5, 5.41) is 1.16. The van der Waals surface area contributed by atoms with Crippen molar-refractivity contribution in [3.8, 4) is 0 Å². The second kappa shape index (κ2) is 3.89. The maximum atomic E-state index is 12.3. The Labute approximate surface area is 92.2 Å². The minimum Gasteiger partial charge on any atom is -0.298 e. The van der Waals surface area contributed by atoms with Crippen molar-refractivity contribution in [3.05, 3.63) is 21.4 Å². The van der Waals surface area contributed by atoms with E-state index in [1.807, 2.05) is 0 Å². The van der Waals surface area contributed by atoms with Gasteiger partial charge >= 0.3 is 6.18 Å². The molecule has 0 bridgehead atoms. The lowest BCUT2D eigenvalue weighted by molar-refractivity contribution is -0.138. The van der Waals surface area contributed by atoms with Gasteiger partial charge in [0.25, 0.3) is 0 Å². The van der Waals surface area contributed by atoms with Crippen LogP contribution in [-0.4, -0.2) is 12.0 Å². The van der Waals surface area contributed by atoms with Crippen LogP contribution in [0.25, 0.3) is 0 Å². The van der Waals surface area contributed by atoms with Gasteiger partial charge in [-0.15, -0.1) is 0 Å². The van der Waals surface area contributed by atoms with Gasteiger partial charge in [0.2, 0.25) is 0 Å². The third kappa shape index (κ3) is 2.47. The van der Waals surface area contributed by atoms with Crippen molar-refractivity contribution in [1.82, 2.24) is 4.98 Å². The topological polar surface area (TPSA) is 42.1 Å². The van der Waals surface area contributed by atoms with E-state index in [-0.39, 0.29) is 3.57 Å². The van der Waals surface area contributed by atoms with Gasteiger partial charge in [-0.3, -0.25) is 5.01 Å². The summed E-state index contributed by atoms with van der Waals surface area (Å²) >= 11 is 1.60. The van der Waals surface area contributed by atoms with Gasteiger partial charge in [-0.2, -0.15) is 13.2 Å². The standard InChI is InChI=1S/C7H7F3IN3/c1-14(12)6-2-5(11)4(3-13-6)7(8,9)10/h2-3H,12H2,1H3. The molecule has 0 saturated heterocycles. The molecule has 0 aliphatic rings. The molecule has 0 spiro atoms. The van der Waals surface area contributed by atoms with Gasteiger partial charge in [-0.25, -0.2) is 10.8 Å². The molecule has 0 radical (unpaired) electrons. The smallest absolute Gasteiger partial charge is 0.298 e. The molecule has 2 N–H and O–H groups in total. The summed E-state index contributed by atoms with van der Waals surface area (Å²) in [7, 11) is 1.51. The van der Waals surface area contributed by atoms with E-state index in [0.29, 0.717) is 5.82 Å². The highest BCUT2D eigenvalue weighted by Gasteiger charge is 2.33. The first kappa shape index (κ1) is 11.5. The summed E-state index contributed by atoms with van der Waals surface area (Å²) in [5.41, 5.74) is -0.747. The third-order valence-electron chi connectivity index (χ3n) is 1.51. The summed E-state index contributed by atoms with van der Waals surface area (Å²) in [4.78, 5) is 3.58. The lowest BCUT2D eigenvalue weighted by Gasteiger charge is -2.13. The lowest BCUT2D eigenvalue weighted by atomic mass is 10.3. The van der Waals surface area contributed by atoms with E-state index < -0.39 is 11.7 Å². The molecule has 0 fully saturated rings. The van der Waals surface area contributed by atoms with E-state index in [4.69, 9.17) is 5.84 Å². The maximum Gasteiger partial charge on any atom is 0.418 e.